The first-order chi connectivity index (χ1) is 11.7. The van der Waals surface area contributed by atoms with Crippen molar-refractivity contribution in [1.82, 2.24) is 14.9 Å². The highest BCUT2D eigenvalue weighted by atomic mass is 16.2. The van der Waals surface area contributed by atoms with E-state index in [0.717, 1.165) is 43.3 Å². The van der Waals surface area contributed by atoms with Crippen LogP contribution in [0.1, 0.15) is 77.7 Å². The van der Waals surface area contributed by atoms with Crippen LogP contribution in [0.15, 0.2) is 6.07 Å². The van der Waals surface area contributed by atoms with Gasteiger partial charge in [-0.05, 0) is 32.6 Å². The molecule has 1 fully saturated rings. The van der Waals surface area contributed by atoms with Crippen molar-refractivity contribution in [2.45, 2.75) is 72.3 Å². The number of hydrogen-bond donors (Lipinski definition) is 0. The number of hydrogen-bond acceptors (Lipinski definition) is 4. The Morgan fingerprint density at radius 2 is 1.68 bits per heavy atom. The molecule has 0 atom stereocenters. The van der Waals surface area contributed by atoms with E-state index < -0.39 is 0 Å². The molecule has 0 N–H and O–H groups in total. The van der Waals surface area contributed by atoms with Gasteiger partial charge in [0.15, 0.2) is 0 Å². The van der Waals surface area contributed by atoms with Gasteiger partial charge in [-0.3, -0.25) is 4.79 Å². The minimum Gasteiger partial charge on any atom is -0.356 e. The van der Waals surface area contributed by atoms with Crippen molar-refractivity contribution in [3.8, 4) is 0 Å². The molecule has 1 aliphatic heterocycles. The standard InChI is InChI=1S/C20H34N4O/c1-13(2)17-12-18(22-19(21-17)14(3)4)24-10-8-16(9-11-24)20(25)23(7)15(5)6/h12-16H,8-11H2,1-7H3. The van der Waals surface area contributed by atoms with Gasteiger partial charge in [-0.2, -0.15) is 0 Å². The third-order valence-corrected chi connectivity index (χ3v) is 5.15. The Hall–Kier alpha value is -1.65. The molecular formula is C20H34N4O. The van der Waals surface area contributed by atoms with Crippen LogP contribution in [0.5, 0.6) is 0 Å². The Labute approximate surface area is 152 Å². The molecule has 1 aromatic heterocycles. The van der Waals surface area contributed by atoms with E-state index in [1.54, 1.807) is 0 Å². The number of aromatic nitrogens is 2. The Kier molecular flexibility index (Phi) is 6.42. The first-order valence-corrected chi connectivity index (χ1v) is 9.61. The quantitative estimate of drug-likeness (QED) is 0.813. The molecule has 5 heteroatoms. The lowest BCUT2D eigenvalue weighted by Gasteiger charge is -2.35. The molecule has 0 unspecified atom stereocenters. The SMILES string of the molecule is CC(C)c1cc(N2CCC(C(=O)N(C)C(C)C)CC2)nc(C(C)C)n1. The zero-order valence-corrected chi connectivity index (χ0v) is 16.9. The van der Waals surface area contributed by atoms with E-state index in [-0.39, 0.29) is 17.9 Å². The molecule has 1 aliphatic rings. The van der Waals surface area contributed by atoms with E-state index >= 15 is 0 Å². The van der Waals surface area contributed by atoms with Crippen LogP contribution in [0.2, 0.25) is 0 Å². The van der Waals surface area contributed by atoms with Crippen molar-refractivity contribution in [2.24, 2.45) is 5.92 Å². The van der Waals surface area contributed by atoms with E-state index in [4.69, 9.17) is 9.97 Å². The maximum atomic E-state index is 12.6. The lowest BCUT2D eigenvalue weighted by atomic mass is 9.95. The van der Waals surface area contributed by atoms with Crippen LogP contribution in [0, 0.1) is 5.92 Å². The topological polar surface area (TPSA) is 49.3 Å². The van der Waals surface area contributed by atoms with Crippen LogP contribution < -0.4 is 4.90 Å². The molecule has 5 nitrogen and oxygen atoms in total. The summed E-state index contributed by atoms with van der Waals surface area (Å²) < 4.78 is 0. The smallest absolute Gasteiger partial charge is 0.225 e. The Balaban J connectivity index is 2.11. The number of nitrogens with zero attached hydrogens (tertiary/aromatic N) is 4. The minimum atomic E-state index is 0.139. The summed E-state index contributed by atoms with van der Waals surface area (Å²) >= 11 is 0. The molecule has 2 rings (SSSR count). The van der Waals surface area contributed by atoms with Gasteiger partial charge in [0.05, 0.1) is 0 Å². The molecule has 0 radical (unpaired) electrons. The fraction of sp³-hybridized carbons (Fsp3) is 0.750. The number of rotatable bonds is 5. The number of carbonyl (C=O) groups excluding carboxylic acids is 1. The van der Waals surface area contributed by atoms with Gasteiger partial charge < -0.3 is 9.80 Å². The molecule has 25 heavy (non-hydrogen) atoms. The summed E-state index contributed by atoms with van der Waals surface area (Å²) in [5, 5.41) is 0. The molecule has 0 saturated carbocycles. The normalized spacial score (nSPS) is 16.2. The minimum absolute atomic E-state index is 0.139. The van der Waals surface area contributed by atoms with Crippen LogP contribution in [0.25, 0.3) is 0 Å². The molecule has 1 saturated heterocycles. The van der Waals surface area contributed by atoms with E-state index in [2.05, 4.69) is 52.5 Å². The average molecular weight is 347 g/mol. The number of amides is 1. The van der Waals surface area contributed by atoms with Gasteiger partial charge in [0.2, 0.25) is 5.91 Å². The molecule has 2 heterocycles. The van der Waals surface area contributed by atoms with Gasteiger partial charge in [-0.1, -0.05) is 27.7 Å². The van der Waals surface area contributed by atoms with Crippen molar-refractivity contribution in [3.05, 3.63) is 17.6 Å². The van der Waals surface area contributed by atoms with E-state index in [0.29, 0.717) is 11.8 Å². The summed E-state index contributed by atoms with van der Waals surface area (Å²) in [6.45, 7) is 14.5. The predicted octanol–water partition coefficient (Wildman–Crippen LogP) is 3.81. The van der Waals surface area contributed by atoms with Gasteiger partial charge in [0, 0.05) is 49.8 Å². The summed E-state index contributed by atoms with van der Waals surface area (Å²) in [5.74, 6) is 3.06. The summed E-state index contributed by atoms with van der Waals surface area (Å²) in [7, 11) is 1.91. The van der Waals surface area contributed by atoms with Crippen molar-refractivity contribution < 1.29 is 4.79 Å². The summed E-state index contributed by atoms with van der Waals surface area (Å²) in [4.78, 5) is 26.2. The third kappa shape index (κ3) is 4.71. The first-order valence-electron chi connectivity index (χ1n) is 9.61. The fourth-order valence-electron chi connectivity index (χ4n) is 3.09. The molecule has 140 valence electrons. The van der Waals surface area contributed by atoms with Crippen molar-refractivity contribution in [3.63, 3.8) is 0 Å². The molecule has 1 amide bonds. The molecular weight excluding hydrogens is 312 g/mol. The predicted molar refractivity (Wildman–Crippen MR) is 103 cm³/mol. The van der Waals surface area contributed by atoms with Gasteiger partial charge >= 0.3 is 0 Å². The van der Waals surface area contributed by atoms with E-state index in [1.807, 2.05) is 11.9 Å². The van der Waals surface area contributed by atoms with Crippen LogP contribution in [-0.2, 0) is 4.79 Å². The summed E-state index contributed by atoms with van der Waals surface area (Å²) in [6.07, 6.45) is 1.79. The maximum Gasteiger partial charge on any atom is 0.225 e. The Morgan fingerprint density at radius 3 is 2.16 bits per heavy atom. The monoisotopic (exact) mass is 346 g/mol. The Bertz CT molecular complexity index is 563. The average Bonchev–Trinajstić information content (AvgIpc) is 2.59. The van der Waals surface area contributed by atoms with E-state index in [9.17, 15) is 4.79 Å². The van der Waals surface area contributed by atoms with Gasteiger partial charge in [-0.15, -0.1) is 0 Å². The van der Waals surface area contributed by atoms with Crippen LogP contribution in [0.4, 0.5) is 5.82 Å². The second kappa shape index (κ2) is 8.15. The highest BCUT2D eigenvalue weighted by Crippen LogP contribution is 2.27. The number of anilines is 1. The van der Waals surface area contributed by atoms with Gasteiger partial charge in [0.1, 0.15) is 11.6 Å². The van der Waals surface area contributed by atoms with Crippen LogP contribution in [0.3, 0.4) is 0 Å². The molecule has 0 aromatic carbocycles. The zero-order valence-electron chi connectivity index (χ0n) is 16.9. The highest BCUT2D eigenvalue weighted by molar-refractivity contribution is 5.79. The van der Waals surface area contributed by atoms with Gasteiger partial charge in [-0.25, -0.2) is 9.97 Å². The maximum absolute atomic E-state index is 12.6. The second-order valence-corrected chi connectivity index (χ2v) is 8.12. The summed E-state index contributed by atoms with van der Waals surface area (Å²) in [5.41, 5.74) is 1.10. The molecule has 0 aliphatic carbocycles. The second-order valence-electron chi connectivity index (χ2n) is 8.12. The lowest BCUT2D eigenvalue weighted by Crippen LogP contribution is -2.43. The van der Waals surface area contributed by atoms with Crippen LogP contribution in [-0.4, -0.2) is 47.0 Å². The highest BCUT2D eigenvalue weighted by Gasteiger charge is 2.29. The van der Waals surface area contributed by atoms with Crippen molar-refractivity contribution in [1.29, 1.82) is 0 Å². The van der Waals surface area contributed by atoms with Crippen molar-refractivity contribution in [2.75, 3.05) is 25.0 Å². The third-order valence-electron chi connectivity index (χ3n) is 5.15. The first kappa shape index (κ1) is 19.7. The van der Waals surface area contributed by atoms with E-state index in [1.165, 1.54) is 0 Å². The largest absolute Gasteiger partial charge is 0.356 e. The summed E-state index contributed by atoms with van der Waals surface area (Å²) in [6, 6.07) is 2.38. The molecule has 1 aromatic rings. The van der Waals surface area contributed by atoms with Crippen molar-refractivity contribution >= 4 is 11.7 Å². The fourth-order valence-corrected chi connectivity index (χ4v) is 3.09. The van der Waals surface area contributed by atoms with Crippen LogP contribution >= 0.6 is 0 Å². The lowest BCUT2D eigenvalue weighted by molar-refractivity contribution is -0.136. The Morgan fingerprint density at radius 1 is 1.08 bits per heavy atom. The van der Waals surface area contributed by atoms with Gasteiger partial charge in [0.25, 0.3) is 0 Å². The molecule has 0 spiro atoms. The number of piperidine rings is 1. The molecule has 0 bridgehead atoms. The zero-order chi connectivity index (χ0) is 18.7. The number of carbonyl (C=O) groups is 1.